The van der Waals surface area contributed by atoms with Gasteiger partial charge in [0.05, 0.1) is 12.0 Å². The minimum absolute atomic E-state index is 0.475. The van der Waals surface area contributed by atoms with Crippen LogP contribution in [0.1, 0.15) is 12.6 Å². The fraction of sp³-hybridized carbons (Fsp3) is 0.231. The van der Waals surface area contributed by atoms with Crippen molar-refractivity contribution in [2.45, 2.75) is 11.8 Å². The normalized spacial score (nSPS) is 10.2. The number of thioether (sulfide) groups is 1. The first kappa shape index (κ1) is 11.7. The lowest BCUT2D eigenvalue weighted by atomic mass is 10.1. The van der Waals surface area contributed by atoms with Crippen LogP contribution in [0.15, 0.2) is 35.5 Å². The maximum atomic E-state index is 9.00. The summed E-state index contributed by atoms with van der Waals surface area (Å²) in [5.74, 6) is 1.06. The topological polar surface area (TPSA) is 41.6 Å². The highest BCUT2D eigenvalue weighted by atomic mass is 32.2. The molecule has 0 unspecified atom stereocenters. The van der Waals surface area contributed by atoms with Crippen molar-refractivity contribution in [3.05, 3.63) is 36.3 Å². The Labute approximate surface area is 105 Å². The second kappa shape index (κ2) is 5.07. The standard InChI is InChI=1S/C13H13N3S/c1-3-17-11-6-4-10(5-7-11)13-12(8-14)15-9-16(13)2/h4-7,9H,3H2,1-2H3. The zero-order valence-corrected chi connectivity index (χ0v) is 10.7. The zero-order chi connectivity index (χ0) is 12.3. The maximum Gasteiger partial charge on any atom is 0.166 e. The lowest BCUT2D eigenvalue weighted by Crippen LogP contribution is -1.91. The highest BCUT2D eigenvalue weighted by molar-refractivity contribution is 7.99. The molecule has 0 radical (unpaired) electrons. The number of nitriles is 1. The molecule has 17 heavy (non-hydrogen) atoms. The van der Waals surface area contributed by atoms with Crippen LogP contribution in [0, 0.1) is 11.3 Å². The van der Waals surface area contributed by atoms with Crippen LogP contribution in [0.2, 0.25) is 0 Å². The van der Waals surface area contributed by atoms with Gasteiger partial charge in [0, 0.05) is 17.5 Å². The Bertz CT molecular complexity index is 549. The average Bonchev–Trinajstić information content (AvgIpc) is 2.72. The van der Waals surface area contributed by atoms with Crippen molar-refractivity contribution >= 4 is 11.8 Å². The molecular weight excluding hydrogens is 230 g/mol. The number of aromatic nitrogens is 2. The van der Waals surface area contributed by atoms with Gasteiger partial charge in [-0.25, -0.2) is 4.98 Å². The van der Waals surface area contributed by atoms with Gasteiger partial charge in [0.25, 0.3) is 0 Å². The van der Waals surface area contributed by atoms with Crippen molar-refractivity contribution in [2.24, 2.45) is 7.05 Å². The summed E-state index contributed by atoms with van der Waals surface area (Å²) in [4.78, 5) is 5.31. The zero-order valence-electron chi connectivity index (χ0n) is 9.84. The number of hydrogen-bond donors (Lipinski definition) is 0. The summed E-state index contributed by atoms with van der Waals surface area (Å²) in [7, 11) is 1.90. The predicted octanol–water partition coefficient (Wildman–Crippen LogP) is 3.07. The van der Waals surface area contributed by atoms with Crippen LogP contribution >= 0.6 is 11.8 Å². The average molecular weight is 243 g/mol. The highest BCUT2D eigenvalue weighted by Gasteiger charge is 2.10. The molecule has 0 aliphatic heterocycles. The van der Waals surface area contributed by atoms with Crippen molar-refractivity contribution in [3.63, 3.8) is 0 Å². The summed E-state index contributed by atoms with van der Waals surface area (Å²) in [5, 5.41) is 9.00. The van der Waals surface area contributed by atoms with Crippen molar-refractivity contribution in [3.8, 4) is 17.3 Å². The molecule has 4 heteroatoms. The first-order valence-corrected chi connectivity index (χ1v) is 6.39. The Hall–Kier alpha value is -1.73. The molecule has 0 bridgehead atoms. The Balaban J connectivity index is 2.40. The molecule has 0 saturated carbocycles. The molecule has 86 valence electrons. The number of nitrogens with zero attached hydrogens (tertiary/aromatic N) is 3. The number of rotatable bonds is 3. The van der Waals surface area contributed by atoms with Gasteiger partial charge in [-0.3, -0.25) is 0 Å². The third-order valence-corrected chi connectivity index (χ3v) is 3.38. The van der Waals surface area contributed by atoms with E-state index in [1.165, 1.54) is 4.90 Å². The van der Waals surface area contributed by atoms with E-state index in [0.29, 0.717) is 5.69 Å². The van der Waals surface area contributed by atoms with Crippen LogP contribution < -0.4 is 0 Å². The fourth-order valence-corrected chi connectivity index (χ4v) is 2.39. The summed E-state index contributed by atoms with van der Waals surface area (Å²) >= 11 is 1.81. The smallest absolute Gasteiger partial charge is 0.166 e. The highest BCUT2D eigenvalue weighted by Crippen LogP contribution is 2.25. The van der Waals surface area contributed by atoms with E-state index in [0.717, 1.165) is 17.0 Å². The summed E-state index contributed by atoms with van der Waals surface area (Å²) < 4.78 is 1.88. The van der Waals surface area contributed by atoms with Crippen LogP contribution in [0.5, 0.6) is 0 Å². The summed E-state index contributed by atoms with van der Waals surface area (Å²) in [6, 6.07) is 10.4. The van der Waals surface area contributed by atoms with E-state index < -0.39 is 0 Å². The Morgan fingerprint density at radius 2 is 2.06 bits per heavy atom. The number of imidazole rings is 1. The molecule has 0 aliphatic rings. The van der Waals surface area contributed by atoms with Crippen LogP contribution in [0.25, 0.3) is 11.3 Å². The van der Waals surface area contributed by atoms with Crippen LogP contribution in [0.3, 0.4) is 0 Å². The molecule has 0 amide bonds. The third-order valence-electron chi connectivity index (χ3n) is 2.48. The van der Waals surface area contributed by atoms with Gasteiger partial charge >= 0.3 is 0 Å². The van der Waals surface area contributed by atoms with Crippen molar-refractivity contribution in [2.75, 3.05) is 5.75 Å². The molecule has 1 heterocycles. The van der Waals surface area contributed by atoms with Crippen molar-refractivity contribution in [1.29, 1.82) is 5.26 Å². The first-order valence-electron chi connectivity index (χ1n) is 5.41. The van der Waals surface area contributed by atoms with Crippen LogP contribution in [-0.2, 0) is 7.05 Å². The lowest BCUT2D eigenvalue weighted by molar-refractivity contribution is 0.921. The Morgan fingerprint density at radius 3 is 2.65 bits per heavy atom. The second-order valence-electron chi connectivity index (χ2n) is 3.62. The molecule has 1 aromatic carbocycles. The van der Waals surface area contributed by atoms with E-state index in [-0.39, 0.29) is 0 Å². The molecule has 0 atom stereocenters. The van der Waals surface area contributed by atoms with E-state index in [9.17, 15) is 0 Å². The van der Waals surface area contributed by atoms with Gasteiger partial charge in [-0.05, 0) is 17.9 Å². The van der Waals surface area contributed by atoms with E-state index in [2.05, 4.69) is 30.1 Å². The van der Waals surface area contributed by atoms with E-state index in [1.54, 1.807) is 6.33 Å². The van der Waals surface area contributed by atoms with Crippen molar-refractivity contribution in [1.82, 2.24) is 9.55 Å². The largest absolute Gasteiger partial charge is 0.333 e. The number of aryl methyl sites for hydroxylation is 1. The van der Waals surface area contributed by atoms with E-state index >= 15 is 0 Å². The molecule has 0 aliphatic carbocycles. The van der Waals surface area contributed by atoms with Gasteiger partial charge in [-0.1, -0.05) is 19.1 Å². The van der Waals surface area contributed by atoms with E-state index in [4.69, 9.17) is 5.26 Å². The van der Waals surface area contributed by atoms with Gasteiger partial charge < -0.3 is 4.57 Å². The molecule has 0 saturated heterocycles. The van der Waals surface area contributed by atoms with Gasteiger partial charge in [-0.2, -0.15) is 5.26 Å². The van der Waals surface area contributed by atoms with Gasteiger partial charge in [-0.15, -0.1) is 11.8 Å². The third kappa shape index (κ3) is 2.34. The molecule has 3 nitrogen and oxygen atoms in total. The number of hydrogen-bond acceptors (Lipinski definition) is 3. The molecule has 0 N–H and O–H groups in total. The summed E-state index contributed by atoms with van der Waals surface area (Å²) in [6.07, 6.45) is 1.67. The van der Waals surface area contributed by atoms with Gasteiger partial charge in [0.1, 0.15) is 6.07 Å². The molecule has 0 fully saturated rings. The molecule has 0 spiro atoms. The Kier molecular flexibility index (Phi) is 3.50. The number of benzene rings is 1. The van der Waals surface area contributed by atoms with Crippen LogP contribution in [-0.4, -0.2) is 15.3 Å². The molecule has 1 aromatic heterocycles. The summed E-state index contributed by atoms with van der Waals surface area (Å²) in [5.41, 5.74) is 2.38. The molecule has 2 rings (SSSR count). The second-order valence-corrected chi connectivity index (χ2v) is 4.96. The van der Waals surface area contributed by atoms with Crippen LogP contribution in [0.4, 0.5) is 0 Å². The van der Waals surface area contributed by atoms with E-state index in [1.807, 2.05) is 35.5 Å². The predicted molar refractivity (Wildman–Crippen MR) is 69.8 cm³/mol. The SMILES string of the molecule is CCSc1ccc(-c2c(C#N)ncn2C)cc1. The monoisotopic (exact) mass is 243 g/mol. The fourth-order valence-electron chi connectivity index (χ4n) is 1.73. The minimum atomic E-state index is 0.475. The molecule has 2 aromatic rings. The van der Waals surface area contributed by atoms with Gasteiger partial charge in [0.15, 0.2) is 5.69 Å². The maximum absolute atomic E-state index is 9.00. The Morgan fingerprint density at radius 1 is 1.35 bits per heavy atom. The minimum Gasteiger partial charge on any atom is -0.333 e. The lowest BCUT2D eigenvalue weighted by Gasteiger charge is -2.04. The quantitative estimate of drug-likeness (QED) is 0.778. The van der Waals surface area contributed by atoms with Crippen molar-refractivity contribution < 1.29 is 0 Å². The van der Waals surface area contributed by atoms with Gasteiger partial charge in [0.2, 0.25) is 0 Å². The molecular formula is C13H13N3S. The summed E-state index contributed by atoms with van der Waals surface area (Å²) in [6.45, 7) is 2.13. The first-order chi connectivity index (χ1) is 8.26.